The van der Waals surface area contributed by atoms with Crippen LogP contribution < -0.4 is 15.6 Å². The summed E-state index contributed by atoms with van der Waals surface area (Å²) in [4.78, 5) is 0. The van der Waals surface area contributed by atoms with Gasteiger partial charge in [0.05, 0.1) is 0 Å². The molecule has 0 saturated carbocycles. The third-order valence-corrected chi connectivity index (χ3v) is 11.2. The van der Waals surface area contributed by atoms with Crippen LogP contribution in [-0.2, 0) is 0 Å². The van der Waals surface area contributed by atoms with Crippen molar-refractivity contribution in [3.63, 3.8) is 0 Å². The molecule has 4 rings (SSSR count). The SMILES string of the molecule is CCCC1=CCC([Si](c2cccc(C)c2)(c2cccc(C)c2)c2cccc(C)c2)=C1. The van der Waals surface area contributed by atoms with E-state index in [1.807, 2.05) is 0 Å². The lowest BCUT2D eigenvalue weighted by molar-refractivity contribution is 0.927. The molecule has 1 heteroatoms. The molecule has 0 amide bonds. The lowest BCUT2D eigenvalue weighted by atomic mass is 10.2. The zero-order chi connectivity index (χ0) is 21.1. The highest BCUT2D eigenvalue weighted by Gasteiger charge is 2.43. The van der Waals surface area contributed by atoms with Crippen LogP contribution >= 0.6 is 0 Å². The Balaban J connectivity index is 2.07. The molecule has 0 radical (unpaired) electrons. The maximum Gasteiger partial charge on any atom is 0.175 e. The van der Waals surface area contributed by atoms with E-state index in [2.05, 4.69) is 113 Å². The predicted octanol–water partition coefficient (Wildman–Crippen LogP) is 5.68. The minimum absolute atomic E-state index is 1.07. The topological polar surface area (TPSA) is 0 Å². The molecular weight excluding hydrogens is 376 g/mol. The van der Waals surface area contributed by atoms with Crippen molar-refractivity contribution in [1.29, 1.82) is 0 Å². The first kappa shape index (κ1) is 20.6. The Bertz CT molecular complexity index is 1010. The van der Waals surface area contributed by atoms with Crippen molar-refractivity contribution in [3.05, 3.63) is 112 Å². The number of allylic oxidation sites excluding steroid dienone is 4. The average molecular weight is 409 g/mol. The van der Waals surface area contributed by atoms with Gasteiger partial charge in [-0.2, -0.15) is 0 Å². The molecule has 1 aliphatic carbocycles. The molecule has 0 heterocycles. The summed E-state index contributed by atoms with van der Waals surface area (Å²) < 4.78 is 0. The summed E-state index contributed by atoms with van der Waals surface area (Å²) in [5.74, 6) is 0. The van der Waals surface area contributed by atoms with E-state index in [0.717, 1.165) is 6.42 Å². The van der Waals surface area contributed by atoms with Gasteiger partial charge in [-0.3, -0.25) is 0 Å². The fraction of sp³-hybridized carbons (Fsp3) is 0.241. The molecule has 3 aromatic carbocycles. The molecule has 0 spiro atoms. The first-order valence-electron chi connectivity index (χ1n) is 11.2. The second kappa shape index (κ2) is 8.61. The maximum atomic E-state index is 2.54. The van der Waals surface area contributed by atoms with Crippen LogP contribution in [0.25, 0.3) is 0 Å². The zero-order valence-corrected chi connectivity index (χ0v) is 19.7. The summed E-state index contributed by atoms with van der Waals surface area (Å²) in [7, 11) is -2.35. The van der Waals surface area contributed by atoms with E-state index in [4.69, 9.17) is 0 Å². The van der Waals surface area contributed by atoms with Crippen molar-refractivity contribution in [2.45, 2.75) is 47.0 Å². The van der Waals surface area contributed by atoms with Crippen molar-refractivity contribution in [1.82, 2.24) is 0 Å². The molecule has 0 bridgehead atoms. The van der Waals surface area contributed by atoms with E-state index in [9.17, 15) is 0 Å². The van der Waals surface area contributed by atoms with Gasteiger partial charge in [-0.05, 0) is 49.2 Å². The quantitative estimate of drug-likeness (QED) is 0.364. The van der Waals surface area contributed by atoms with Gasteiger partial charge in [-0.25, -0.2) is 0 Å². The first-order valence-corrected chi connectivity index (χ1v) is 13.2. The van der Waals surface area contributed by atoms with E-state index < -0.39 is 8.07 Å². The first-order chi connectivity index (χ1) is 14.5. The van der Waals surface area contributed by atoms with Crippen LogP contribution in [0.5, 0.6) is 0 Å². The molecule has 0 fully saturated rings. The molecule has 0 N–H and O–H groups in total. The molecule has 152 valence electrons. The largest absolute Gasteiger partial charge is 0.175 e. The average Bonchev–Trinajstić information content (AvgIpc) is 3.18. The monoisotopic (exact) mass is 408 g/mol. The van der Waals surface area contributed by atoms with E-state index in [1.54, 1.807) is 5.20 Å². The lowest BCUT2D eigenvalue weighted by Gasteiger charge is -2.36. The number of hydrogen-bond donors (Lipinski definition) is 0. The van der Waals surface area contributed by atoms with Crippen LogP contribution in [0.4, 0.5) is 0 Å². The molecule has 30 heavy (non-hydrogen) atoms. The zero-order valence-electron chi connectivity index (χ0n) is 18.7. The lowest BCUT2D eigenvalue weighted by Crippen LogP contribution is -2.68. The highest BCUT2D eigenvalue weighted by atomic mass is 28.3. The van der Waals surface area contributed by atoms with Crippen LogP contribution in [0.1, 0.15) is 42.9 Å². The van der Waals surface area contributed by atoms with Gasteiger partial charge in [-0.1, -0.05) is 126 Å². The summed E-state index contributed by atoms with van der Waals surface area (Å²) in [6, 6.07) is 27.8. The van der Waals surface area contributed by atoms with Crippen molar-refractivity contribution < 1.29 is 0 Å². The Morgan fingerprint density at radius 2 is 1.17 bits per heavy atom. The Morgan fingerprint density at radius 3 is 1.57 bits per heavy atom. The fourth-order valence-electron chi connectivity index (χ4n) is 5.00. The van der Waals surface area contributed by atoms with Gasteiger partial charge >= 0.3 is 0 Å². The summed E-state index contributed by atoms with van der Waals surface area (Å²) in [6.07, 6.45) is 8.45. The molecule has 0 saturated heterocycles. The molecule has 0 unspecified atom stereocenters. The molecule has 0 atom stereocenters. The minimum Gasteiger partial charge on any atom is -0.0776 e. The summed E-state index contributed by atoms with van der Waals surface area (Å²) >= 11 is 0. The van der Waals surface area contributed by atoms with Crippen LogP contribution in [0, 0.1) is 20.8 Å². The van der Waals surface area contributed by atoms with Crippen LogP contribution in [-0.4, -0.2) is 8.07 Å². The third kappa shape index (κ3) is 3.75. The molecule has 0 aliphatic heterocycles. The Labute approximate surface area is 183 Å². The maximum absolute atomic E-state index is 2.54. The van der Waals surface area contributed by atoms with Gasteiger partial charge in [0, 0.05) is 0 Å². The second-order valence-corrected chi connectivity index (χ2v) is 12.6. The van der Waals surface area contributed by atoms with Gasteiger partial charge in [-0.15, -0.1) is 0 Å². The third-order valence-electron chi connectivity index (χ3n) is 6.32. The van der Waals surface area contributed by atoms with E-state index >= 15 is 0 Å². The second-order valence-electron chi connectivity index (χ2n) is 8.76. The van der Waals surface area contributed by atoms with Gasteiger partial charge in [0.15, 0.2) is 8.07 Å². The molecule has 3 aromatic rings. The number of hydrogen-bond acceptors (Lipinski definition) is 0. The van der Waals surface area contributed by atoms with Gasteiger partial charge in [0.25, 0.3) is 0 Å². The van der Waals surface area contributed by atoms with Crippen molar-refractivity contribution in [3.8, 4) is 0 Å². The Hall–Kier alpha value is -2.64. The summed E-state index contributed by atoms with van der Waals surface area (Å²) in [5.41, 5.74) is 5.53. The van der Waals surface area contributed by atoms with Crippen LogP contribution in [0.15, 0.2) is 95.7 Å². The van der Waals surface area contributed by atoms with Crippen LogP contribution in [0.2, 0.25) is 0 Å². The number of aryl methyl sites for hydroxylation is 3. The molecule has 1 aliphatic rings. The molecular formula is C29H32Si. The minimum atomic E-state index is -2.35. The molecule has 0 aromatic heterocycles. The van der Waals surface area contributed by atoms with Gasteiger partial charge in [0.1, 0.15) is 0 Å². The van der Waals surface area contributed by atoms with E-state index in [-0.39, 0.29) is 0 Å². The van der Waals surface area contributed by atoms with E-state index in [0.29, 0.717) is 0 Å². The normalized spacial score (nSPS) is 13.9. The standard InChI is InChI=1S/C29H32Si/c1-5-9-25-16-17-29(21-25)30(26-13-6-10-22(2)18-26,27-14-7-11-23(3)19-27)28-15-8-12-24(4)20-28/h6-8,10-16,18-21H,5,9,17H2,1-4H3. The van der Waals surface area contributed by atoms with Gasteiger partial charge < -0.3 is 0 Å². The van der Waals surface area contributed by atoms with E-state index in [1.165, 1.54) is 50.7 Å². The summed E-state index contributed by atoms with van der Waals surface area (Å²) in [6.45, 7) is 8.94. The van der Waals surface area contributed by atoms with Crippen LogP contribution in [0.3, 0.4) is 0 Å². The fourth-order valence-corrected chi connectivity index (χ4v) is 10.3. The number of benzene rings is 3. The molecule has 0 nitrogen and oxygen atoms in total. The smallest absolute Gasteiger partial charge is 0.0776 e. The highest BCUT2D eigenvalue weighted by Crippen LogP contribution is 2.29. The number of rotatable bonds is 6. The Morgan fingerprint density at radius 1 is 0.700 bits per heavy atom. The van der Waals surface area contributed by atoms with Crippen molar-refractivity contribution >= 4 is 23.6 Å². The van der Waals surface area contributed by atoms with Crippen molar-refractivity contribution in [2.24, 2.45) is 0 Å². The van der Waals surface area contributed by atoms with Gasteiger partial charge in [0.2, 0.25) is 0 Å². The Kier molecular flexibility index (Phi) is 5.92. The van der Waals surface area contributed by atoms with Crippen molar-refractivity contribution in [2.75, 3.05) is 0 Å². The highest BCUT2D eigenvalue weighted by molar-refractivity contribution is 7.16. The predicted molar refractivity (Wildman–Crippen MR) is 134 cm³/mol. The summed E-state index contributed by atoms with van der Waals surface area (Å²) in [5, 5.41) is 6.11.